The van der Waals surface area contributed by atoms with E-state index in [1.54, 1.807) is 0 Å². The van der Waals surface area contributed by atoms with Gasteiger partial charge in [0.05, 0.1) is 0 Å². The van der Waals surface area contributed by atoms with Gasteiger partial charge in [-0.05, 0) is 36.9 Å². The Hall–Kier alpha value is 0.390. The highest BCUT2D eigenvalue weighted by Crippen LogP contribution is 2.46. The fourth-order valence-electron chi connectivity index (χ4n) is 2.97. The number of nitrogens with two attached hydrogens (primary N) is 1. The summed E-state index contributed by atoms with van der Waals surface area (Å²) in [6.45, 7) is 10.5. The number of rotatable bonds is 14. The van der Waals surface area contributed by atoms with Crippen molar-refractivity contribution in [1.29, 1.82) is 0 Å². The maximum absolute atomic E-state index is 5.50. The Morgan fingerprint density at radius 1 is 0.600 bits per heavy atom. The fraction of sp³-hybridized carbons (Fsp3) is 1.00. The monoisotopic (exact) mass is 301 g/mol. The molecule has 0 aliphatic carbocycles. The SMILES string of the molecule is CC(C)P(CCCCCCCCCCCCN)C(C)C. The predicted molar refractivity (Wildman–Crippen MR) is 97.3 cm³/mol. The molecule has 0 atom stereocenters. The van der Waals surface area contributed by atoms with Gasteiger partial charge >= 0.3 is 0 Å². The van der Waals surface area contributed by atoms with Crippen LogP contribution in [-0.2, 0) is 0 Å². The van der Waals surface area contributed by atoms with E-state index < -0.39 is 0 Å². The summed E-state index contributed by atoms with van der Waals surface area (Å²) >= 11 is 0. The first-order valence-electron chi connectivity index (χ1n) is 9.05. The molecule has 2 N–H and O–H groups in total. The molecule has 0 aliphatic heterocycles. The average molecular weight is 301 g/mol. The van der Waals surface area contributed by atoms with Gasteiger partial charge in [-0.2, -0.15) is 0 Å². The first-order valence-corrected chi connectivity index (χ1v) is 10.7. The van der Waals surface area contributed by atoms with Gasteiger partial charge in [0.15, 0.2) is 0 Å². The summed E-state index contributed by atoms with van der Waals surface area (Å²) in [7, 11) is 0.275. The Kier molecular flexibility index (Phi) is 14.6. The molecule has 2 heteroatoms. The molecule has 122 valence electrons. The molecule has 0 aromatic heterocycles. The van der Waals surface area contributed by atoms with Gasteiger partial charge in [-0.25, -0.2) is 0 Å². The molecule has 1 nitrogen and oxygen atoms in total. The van der Waals surface area contributed by atoms with Crippen molar-refractivity contribution in [3.8, 4) is 0 Å². The van der Waals surface area contributed by atoms with E-state index in [1.165, 1.54) is 70.4 Å². The summed E-state index contributed by atoms with van der Waals surface area (Å²) in [6, 6.07) is 0. The van der Waals surface area contributed by atoms with Crippen LogP contribution in [0, 0.1) is 0 Å². The molecule has 0 amide bonds. The quantitative estimate of drug-likeness (QED) is 0.302. The van der Waals surface area contributed by atoms with Crippen LogP contribution in [0.5, 0.6) is 0 Å². The van der Waals surface area contributed by atoms with E-state index in [4.69, 9.17) is 5.73 Å². The maximum Gasteiger partial charge on any atom is -0.00773 e. The van der Waals surface area contributed by atoms with Crippen LogP contribution in [0.4, 0.5) is 0 Å². The molecule has 0 bridgehead atoms. The smallest absolute Gasteiger partial charge is 0.00773 e. The topological polar surface area (TPSA) is 26.0 Å². The lowest BCUT2D eigenvalue weighted by atomic mass is 10.1. The van der Waals surface area contributed by atoms with Crippen molar-refractivity contribution in [1.82, 2.24) is 0 Å². The third-order valence-corrected chi connectivity index (χ3v) is 7.68. The van der Waals surface area contributed by atoms with Crippen LogP contribution in [0.1, 0.15) is 91.9 Å². The average Bonchev–Trinajstić information content (AvgIpc) is 2.39. The summed E-state index contributed by atoms with van der Waals surface area (Å²) in [5.74, 6) is 0. The molecule has 0 fully saturated rings. The van der Waals surface area contributed by atoms with E-state index in [2.05, 4.69) is 27.7 Å². The Morgan fingerprint density at radius 3 is 1.30 bits per heavy atom. The van der Waals surface area contributed by atoms with Gasteiger partial charge in [0.2, 0.25) is 0 Å². The molecule has 0 aromatic carbocycles. The zero-order chi connectivity index (χ0) is 15.2. The van der Waals surface area contributed by atoms with E-state index in [1.807, 2.05) is 0 Å². The van der Waals surface area contributed by atoms with Crippen molar-refractivity contribution >= 4 is 7.92 Å². The van der Waals surface area contributed by atoms with Crippen LogP contribution >= 0.6 is 7.92 Å². The minimum atomic E-state index is 0.275. The lowest BCUT2D eigenvalue weighted by Gasteiger charge is -2.25. The van der Waals surface area contributed by atoms with Crippen molar-refractivity contribution < 1.29 is 0 Å². The normalized spacial score (nSPS) is 12.0. The third-order valence-electron chi connectivity index (χ3n) is 4.20. The van der Waals surface area contributed by atoms with Crippen LogP contribution < -0.4 is 5.73 Å². The molecule has 0 radical (unpaired) electrons. The van der Waals surface area contributed by atoms with Gasteiger partial charge in [0, 0.05) is 0 Å². The van der Waals surface area contributed by atoms with Crippen LogP contribution in [0.25, 0.3) is 0 Å². The maximum atomic E-state index is 5.50. The Balaban J connectivity index is 3.27. The number of unbranched alkanes of at least 4 members (excludes halogenated alkanes) is 9. The van der Waals surface area contributed by atoms with E-state index in [0.29, 0.717) is 0 Å². The van der Waals surface area contributed by atoms with Gasteiger partial charge in [-0.3, -0.25) is 0 Å². The van der Waals surface area contributed by atoms with E-state index in [9.17, 15) is 0 Å². The zero-order valence-corrected chi connectivity index (χ0v) is 15.6. The first-order chi connectivity index (χ1) is 9.59. The number of hydrogen-bond donors (Lipinski definition) is 1. The second-order valence-electron chi connectivity index (χ2n) is 6.75. The molecule has 20 heavy (non-hydrogen) atoms. The van der Waals surface area contributed by atoms with Gasteiger partial charge in [-0.1, -0.05) is 79.1 Å². The van der Waals surface area contributed by atoms with Gasteiger partial charge in [0.1, 0.15) is 0 Å². The van der Waals surface area contributed by atoms with Crippen molar-refractivity contribution in [2.45, 2.75) is 103 Å². The molecule has 0 rings (SSSR count). The van der Waals surface area contributed by atoms with Gasteiger partial charge in [0.25, 0.3) is 0 Å². The van der Waals surface area contributed by atoms with Crippen molar-refractivity contribution in [2.24, 2.45) is 5.73 Å². The van der Waals surface area contributed by atoms with Gasteiger partial charge < -0.3 is 5.73 Å². The minimum Gasteiger partial charge on any atom is -0.330 e. The third kappa shape index (κ3) is 12.2. The fourth-order valence-corrected chi connectivity index (χ4v) is 5.78. The van der Waals surface area contributed by atoms with Crippen LogP contribution in [-0.4, -0.2) is 24.0 Å². The molecule has 0 aromatic rings. The second kappa shape index (κ2) is 14.3. The lowest BCUT2D eigenvalue weighted by molar-refractivity contribution is 0.558. The Morgan fingerprint density at radius 2 is 0.950 bits per heavy atom. The molecule has 0 heterocycles. The summed E-state index contributed by atoms with van der Waals surface area (Å²) in [6.07, 6.45) is 15.6. The molecule has 0 saturated carbocycles. The zero-order valence-electron chi connectivity index (χ0n) is 14.7. The molecule has 0 unspecified atom stereocenters. The minimum absolute atomic E-state index is 0.275. The van der Waals surface area contributed by atoms with Crippen LogP contribution in [0.15, 0.2) is 0 Å². The molecule has 0 spiro atoms. The molecular weight excluding hydrogens is 261 g/mol. The van der Waals surface area contributed by atoms with E-state index in [-0.39, 0.29) is 7.92 Å². The summed E-state index contributed by atoms with van der Waals surface area (Å²) in [5.41, 5.74) is 7.33. The predicted octanol–water partition coefficient (Wildman–Crippen LogP) is 6.14. The summed E-state index contributed by atoms with van der Waals surface area (Å²) < 4.78 is 0. The highest BCUT2D eigenvalue weighted by molar-refractivity contribution is 7.59. The summed E-state index contributed by atoms with van der Waals surface area (Å²) in [4.78, 5) is 0. The number of hydrogen-bond acceptors (Lipinski definition) is 1. The molecular formula is C18H40NP. The highest BCUT2D eigenvalue weighted by atomic mass is 31.1. The van der Waals surface area contributed by atoms with E-state index in [0.717, 1.165) is 17.9 Å². The lowest BCUT2D eigenvalue weighted by Crippen LogP contribution is -2.06. The second-order valence-corrected chi connectivity index (χ2v) is 10.3. The standard InChI is InChI=1S/C18H40NP/c1-17(2)20(18(3)4)16-14-12-10-8-6-5-7-9-11-13-15-19/h17-18H,5-16,19H2,1-4H3. The molecule has 0 saturated heterocycles. The van der Waals surface area contributed by atoms with Crippen LogP contribution in [0.3, 0.4) is 0 Å². The van der Waals surface area contributed by atoms with Crippen LogP contribution in [0.2, 0.25) is 0 Å². The van der Waals surface area contributed by atoms with Crippen molar-refractivity contribution in [2.75, 3.05) is 12.7 Å². The van der Waals surface area contributed by atoms with Crippen molar-refractivity contribution in [3.63, 3.8) is 0 Å². The Labute approximate surface area is 130 Å². The summed E-state index contributed by atoms with van der Waals surface area (Å²) in [5, 5.41) is 0. The highest BCUT2D eigenvalue weighted by Gasteiger charge is 2.15. The molecule has 0 aliphatic rings. The first kappa shape index (κ1) is 20.4. The van der Waals surface area contributed by atoms with Gasteiger partial charge in [-0.15, -0.1) is 7.92 Å². The van der Waals surface area contributed by atoms with Crippen molar-refractivity contribution in [3.05, 3.63) is 0 Å². The van der Waals surface area contributed by atoms with E-state index >= 15 is 0 Å². The Bertz CT molecular complexity index is 184. The largest absolute Gasteiger partial charge is 0.330 e.